The minimum absolute atomic E-state index is 0.0443. The van der Waals surface area contributed by atoms with E-state index in [4.69, 9.17) is 4.74 Å². The minimum Gasteiger partial charge on any atom is -0.464 e. The van der Waals surface area contributed by atoms with Crippen molar-refractivity contribution in [3.8, 4) is 0 Å². The van der Waals surface area contributed by atoms with Crippen molar-refractivity contribution >= 4 is 35.2 Å². The molecular weight excluding hydrogens is 488 g/mol. The van der Waals surface area contributed by atoms with Crippen LogP contribution in [0.25, 0.3) is 6.08 Å². The highest BCUT2D eigenvalue weighted by atomic mass is 32.1. The third-order valence-corrected chi connectivity index (χ3v) is 6.29. The number of amides is 2. The average Bonchev–Trinajstić information content (AvgIpc) is 3.11. The largest absolute Gasteiger partial charge is 0.464 e. The number of rotatable bonds is 7. The maximum Gasteiger partial charge on any atom is 0.354 e. The summed E-state index contributed by atoms with van der Waals surface area (Å²) in [7, 11) is 1.22. The molecule has 10 heteroatoms. The lowest BCUT2D eigenvalue weighted by Crippen LogP contribution is -2.29. The van der Waals surface area contributed by atoms with Gasteiger partial charge in [-0.1, -0.05) is 0 Å². The summed E-state index contributed by atoms with van der Waals surface area (Å²) in [4.78, 5) is 43.1. The standard InChI is InChI=1S/C26H25F2N3O4S/c1-13-6-18(24(32)29-12-17-8-19(27)10-20(28)9-17)7-14(2)23(13)25(33)31-21(26(34)35-5)11-22-15(3)30-16(4)36-22/h6-11H,12H2,1-5H3,(H,29,32)(H,31,33)/b21-11-. The smallest absolute Gasteiger partial charge is 0.354 e. The van der Waals surface area contributed by atoms with Crippen molar-refractivity contribution in [1.82, 2.24) is 15.6 Å². The van der Waals surface area contributed by atoms with E-state index in [0.717, 1.165) is 28.9 Å². The maximum atomic E-state index is 13.4. The number of hydrogen-bond acceptors (Lipinski definition) is 6. The van der Waals surface area contributed by atoms with Crippen molar-refractivity contribution < 1.29 is 27.9 Å². The fourth-order valence-electron chi connectivity index (χ4n) is 3.70. The number of nitrogens with zero attached hydrogens (tertiary/aromatic N) is 1. The second-order valence-corrected chi connectivity index (χ2v) is 9.37. The third-order valence-electron chi connectivity index (χ3n) is 5.27. The normalized spacial score (nSPS) is 11.2. The van der Waals surface area contributed by atoms with Crippen molar-refractivity contribution in [2.24, 2.45) is 0 Å². The van der Waals surface area contributed by atoms with Crippen LogP contribution in [0.5, 0.6) is 0 Å². The van der Waals surface area contributed by atoms with E-state index in [1.54, 1.807) is 20.8 Å². The van der Waals surface area contributed by atoms with Crippen LogP contribution in [0.2, 0.25) is 0 Å². The van der Waals surface area contributed by atoms with E-state index in [0.29, 0.717) is 21.6 Å². The van der Waals surface area contributed by atoms with Gasteiger partial charge in [-0.2, -0.15) is 0 Å². The molecule has 2 N–H and O–H groups in total. The summed E-state index contributed by atoms with van der Waals surface area (Å²) in [5.74, 6) is -3.19. The molecule has 3 rings (SSSR count). The lowest BCUT2D eigenvalue weighted by molar-refractivity contribution is -0.136. The van der Waals surface area contributed by atoms with E-state index in [9.17, 15) is 23.2 Å². The van der Waals surface area contributed by atoms with E-state index >= 15 is 0 Å². The summed E-state index contributed by atoms with van der Waals surface area (Å²) < 4.78 is 31.6. The number of benzene rings is 2. The first-order valence-electron chi connectivity index (χ1n) is 10.9. The molecule has 1 aromatic heterocycles. The van der Waals surface area contributed by atoms with Crippen LogP contribution in [0, 0.1) is 39.3 Å². The highest BCUT2D eigenvalue weighted by Crippen LogP contribution is 2.22. The molecule has 0 saturated heterocycles. The third kappa shape index (κ3) is 6.39. The topological polar surface area (TPSA) is 97.4 Å². The van der Waals surface area contributed by atoms with Crippen LogP contribution in [0.1, 0.15) is 53.0 Å². The van der Waals surface area contributed by atoms with Gasteiger partial charge in [-0.3, -0.25) is 9.59 Å². The zero-order valence-electron chi connectivity index (χ0n) is 20.4. The molecular formula is C26H25F2N3O4S. The summed E-state index contributed by atoms with van der Waals surface area (Å²) >= 11 is 1.38. The van der Waals surface area contributed by atoms with E-state index in [1.807, 2.05) is 6.92 Å². The molecule has 0 aliphatic rings. The van der Waals surface area contributed by atoms with Gasteiger partial charge in [-0.25, -0.2) is 18.6 Å². The summed E-state index contributed by atoms with van der Waals surface area (Å²) in [5, 5.41) is 6.04. The molecule has 0 aliphatic heterocycles. The molecule has 2 aromatic carbocycles. The number of esters is 1. The Labute approximate surface area is 211 Å². The molecule has 0 fully saturated rings. The first-order chi connectivity index (χ1) is 17.0. The average molecular weight is 514 g/mol. The number of halogens is 2. The molecule has 0 aliphatic carbocycles. The molecule has 0 unspecified atom stereocenters. The van der Waals surface area contributed by atoms with Gasteiger partial charge in [0.25, 0.3) is 11.8 Å². The Bertz CT molecular complexity index is 1340. The number of ether oxygens (including phenoxy) is 1. The van der Waals surface area contributed by atoms with Gasteiger partial charge in [-0.15, -0.1) is 11.3 Å². The highest BCUT2D eigenvalue weighted by molar-refractivity contribution is 7.12. The number of aromatic nitrogens is 1. The Morgan fingerprint density at radius 1 is 0.972 bits per heavy atom. The molecule has 0 saturated carbocycles. The lowest BCUT2D eigenvalue weighted by Gasteiger charge is -2.14. The molecule has 0 bridgehead atoms. The van der Waals surface area contributed by atoms with Crippen molar-refractivity contribution in [2.75, 3.05) is 7.11 Å². The van der Waals surface area contributed by atoms with E-state index < -0.39 is 29.4 Å². The summed E-state index contributed by atoms with van der Waals surface area (Å²) in [6.45, 7) is 6.90. The molecule has 7 nitrogen and oxygen atoms in total. The van der Waals surface area contributed by atoms with Crippen LogP contribution < -0.4 is 10.6 Å². The molecule has 1 heterocycles. The fourth-order valence-corrected chi connectivity index (χ4v) is 4.57. The number of carbonyl (C=O) groups is 3. The Balaban J connectivity index is 1.81. The van der Waals surface area contributed by atoms with Gasteiger partial charge in [0.2, 0.25) is 0 Å². The van der Waals surface area contributed by atoms with Gasteiger partial charge in [0, 0.05) is 23.7 Å². The zero-order valence-corrected chi connectivity index (χ0v) is 21.2. The van der Waals surface area contributed by atoms with Crippen molar-refractivity contribution in [1.29, 1.82) is 0 Å². The van der Waals surface area contributed by atoms with E-state index in [1.165, 1.54) is 36.7 Å². The van der Waals surface area contributed by atoms with Crippen LogP contribution >= 0.6 is 11.3 Å². The monoisotopic (exact) mass is 513 g/mol. The molecule has 0 spiro atoms. The molecule has 0 atom stereocenters. The molecule has 0 radical (unpaired) electrons. The van der Waals surface area contributed by atoms with Crippen molar-refractivity contribution in [3.63, 3.8) is 0 Å². The van der Waals surface area contributed by atoms with Crippen LogP contribution in [0.15, 0.2) is 36.0 Å². The molecule has 188 valence electrons. The van der Waals surface area contributed by atoms with Crippen LogP contribution in [-0.4, -0.2) is 29.9 Å². The summed E-state index contributed by atoms with van der Waals surface area (Å²) in [6, 6.07) is 6.08. The molecule has 36 heavy (non-hydrogen) atoms. The fraction of sp³-hybridized carbons (Fsp3) is 0.231. The maximum absolute atomic E-state index is 13.4. The Hall–Kier alpha value is -3.92. The second-order valence-electron chi connectivity index (χ2n) is 8.13. The van der Waals surface area contributed by atoms with Gasteiger partial charge in [0.05, 0.1) is 22.7 Å². The zero-order chi connectivity index (χ0) is 26.6. The predicted octanol–water partition coefficient (Wildman–Crippen LogP) is 4.53. The minimum atomic E-state index is -0.734. The summed E-state index contributed by atoms with van der Waals surface area (Å²) in [5.41, 5.74) is 2.53. The molecule has 2 amide bonds. The quantitative estimate of drug-likeness (QED) is 0.358. The molecule has 3 aromatic rings. The van der Waals surface area contributed by atoms with Crippen molar-refractivity contribution in [2.45, 2.75) is 34.2 Å². The van der Waals surface area contributed by atoms with E-state index in [-0.39, 0.29) is 23.4 Å². The number of aryl methyl sites for hydroxylation is 4. The van der Waals surface area contributed by atoms with Gasteiger partial charge < -0.3 is 15.4 Å². The Kier molecular flexibility index (Phi) is 8.31. The van der Waals surface area contributed by atoms with Crippen LogP contribution in [-0.2, 0) is 16.1 Å². The van der Waals surface area contributed by atoms with E-state index in [2.05, 4.69) is 15.6 Å². The Morgan fingerprint density at radius 3 is 2.11 bits per heavy atom. The number of carbonyl (C=O) groups excluding carboxylic acids is 3. The van der Waals surface area contributed by atoms with Crippen LogP contribution in [0.3, 0.4) is 0 Å². The predicted molar refractivity (Wildman–Crippen MR) is 132 cm³/mol. The SMILES string of the molecule is COC(=O)/C(=C/c1sc(C)nc1C)NC(=O)c1c(C)cc(C(=O)NCc2cc(F)cc(F)c2)cc1C. The number of thiazole rings is 1. The van der Waals surface area contributed by atoms with Crippen molar-refractivity contribution in [3.05, 3.63) is 91.1 Å². The lowest BCUT2D eigenvalue weighted by atomic mass is 9.98. The highest BCUT2D eigenvalue weighted by Gasteiger charge is 2.21. The first-order valence-corrected chi connectivity index (χ1v) is 11.7. The van der Waals surface area contributed by atoms with Gasteiger partial charge in [0.15, 0.2) is 0 Å². The first kappa shape index (κ1) is 26.7. The van der Waals surface area contributed by atoms with Gasteiger partial charge >= 0.3 is 5.97 Å². The number of nitrogens with one attached hydrogen (secondary N) is 2. The van der Waals surface area contributed by atoms with Crippen LogP contribution in [0.4, 0.5) is 8.78 Å². The van der Waals surface area contributed by atoms with Gasteiger partial charge in [0.1, 0.15) is 17.3 Å². The summed E-state index contributed by atoms with van der Waals surface area (Å²) in [6.07, 6.45) is 1.52. The van der Waals surface area contributed by atoms with Gasteiger partial charge in [-0.05, 0) is 74.7 Å². The Morgan fingerprint density at radius 2 is 1.58 bits per heavy atom. The number of hydrogen-bond donors (Lipinski definition) is 2. The second kappa shape index (κ2) is 11.2. The number of methoxy groups -OCH3 is 1.